The molecular formula is C12H17N3O. The van der Waals surface area contributed by atoms with Gasteiger partial charge in [-0.3, -0.25) is 0 Å². The number of nitrogens with one attached hydrogen (secondary N) is 1. The largest absolute Gasteiger partial charge is 0.444 e. The van der Waals surface area contributed by atoms with Crippen LogP contribution in [0.3, 0.4) is 0 Å². The lowest BCUT2D eigenvalue weighted by Crippen LogP contribution is -2.33. The van der Waals surface area contributed by atoms with Gasteiger partial charge in [-0.15, -0.1) is 0 Å². The van der Waals surface area contributed by atoms with Crippen LogP contribution in [0.25, 0.3) is 0 Å². The number of nitrogens with zero attached hydrogens (tertiary/aromatic N) is 2. The van der Waals surface area contributed by atoms with Crippen molar-refractivity contribution in [1.82, 2.24) is 15.3 Å². The first-order valence-electron chi connectivity index (χ1n) is 5.57. The van der Waals surface area contributed by atoms with Gasteiger partial charge in [-0.05, 0) is 33.3 Å². The summed E-state index contributed by atoms with van der Waals surface area (Å²) in [5.74, 6) is 1.57. The van der Waals surface area contributed by atoms with Crippen LogP contribution in [0, 0.1) is 0 Å². The number of allylic oxidation sites excluding steroid dienone is 2. The van der Waals surface area contributed by atoms with E-state index >= 15 is 0 Å². The Kier molecular flexibility index (Phi) is 3.19. The lowest BCUT2D eigenvalue weighted by molar-refractivity contribution is 0.390. The molecule has 0 aliphatic carbocycles. The van der Waals surface area contributed by atoms with Gasteiger partial charge in [-0.25, -0.2) is 9.97 Å². The first-order valence-corrected chi connectivity index (χ1v) is 5.57. The Morgan fingerprint density at radius 2 is 2.38 bits per heavy atom. The van der Waals surface area contributed by atoms with Crippen LogP contribution >= 0.6 is 0 Å². The van der Waals surface area contributed by atoms with Crippen LogP contribution in [-0.4, -0.2) is 16.0 Å². The van der Waals surface area contributed by atoms with E-state index in [4.69, 9.17) is 4.74 Å². The van der Waals surface area contributed by atoms with Crippen molar-refractivity contribution < 1.29 is 4.74 Å². The SMILES string of the molecule is C/C=C(\C)Oc1ncnc2c1C[C@H](C)NC2. The lowest BCUT2D eigenvalue weighted by Gasteiger charge is -2.23. The maximum absolute atomic E-state index is 5.69. The van der Waals surface area contributed by atoms with Crippen LogP contribution in [-0.2, 0) is 13.0 Å². The van der Waals surface area contributed by atoms with E-state index < -0.39 is 0 Å². The monoisotopic (exact) mass is 219 g/mol. The number of hydrogen-bond donors (Lipinski definition) is 1. The minimum absolute atomic E-state index is 0.451. The van der Waals surface area contributed by atoms with Crippen LogP contribution in [0.5, 0.6) is 5.88 Å². The molecule has 16 heavy (non-hydrogen) atoms. The predicted octanol–water partition coefficient (Wildman–Crippen LogP) is 1.81. The van der Waals surface area contributed by atoms with Crippen molar-refractivity contribution in [2.45, 2.75) is 39.8 Å². The Labute approximate surface area is 95.8 Å². The summed E-state index contributed by atoms with van der Waals surface area (Å²) in [4.78, 5) is 8.49. The summed E-state index contributed by atoms with van der Waals surface area (Å²) >= 11 is 0. The molecular weight excluding hydrogens is 202 g/mol. The molecule has 1 aromatic rings. The molecule has 1 aliphatic heterocycles. The first-order chi connectivity index (χ1) is 7.70. The second kappa shape index (κ2) is 4.61. The summed E-state index contributed by atoms with van der Waals surface area (Å²) in [5, 5.41) is 3.37. The van der Waals surface area contributed by atoms with Gasteiger partial charge in [0.2, 0.25) is 5.88 Å². The summed E-state index contributed by atoms with van der Waals surface area (Å²) in [6.07, 6.45) is 4.41. The van der Waals surface area contributed by atoms with Crippen LogP contribution in [0.15, 0.2) is 18.2 Å². The minimum Gasteiger partial charge on any atom is -0.444 e. The Bertz CT molecular complexity index is 415. The third kappa shape index (κ3) is 2.22. The second-order valence-electron chi connectivity index (χ2n) is 4.09. The molecule has 0 spiro atoms. The molecule has 2 rings (SSSR count). The number of fused-ring (bicyclic) bond motifs is 1. The van der Waals surface area contributed by atoms with Gasteiger partial charge in [0, 0.05) is 18.2 Å². The van der Waals surface area contributed by atoms with Crippen molar-refractivity contribution in [2.24, 2.45) is 0 Å². The number of hydrogen-bond acceptors (Lipinski definition) is 4. The van der Waals surface area contributed by atoms with Gasteiger partial charge in [0.15, 0.2) is 0 Å². The quantitative estimate of drug-likeness (QED) is 0.771. The average Bonchev–Trinajstić information content (AvgIpc) is 2.29. The Hall–Kier alpha value is -1.42. The van der Waals surface area contributed by atoms with Crippen molar-refractivity contribution >= 4 is 0 Å². The zero-order chi connectivity index (χ0) is 11.5. The molecule has 0 fully saturated rings. The van der Waals surface area contributed by atoms with Gasteiger partial charge in [-0.1, -0.05) is 0 Å². The van der Waals surface area contributed by atoms with Crippen molar-refractivity contribution in [2.75, 3.05) is 0 Å². The van der Waals surface area contributed by atoms with Crippen LogP contribution < -0.4 is 10.1 Å². The molecule has 1 aromatic heterocycles. The molecule has 1 N–H and O–H groups in total. The Morgan fingerprint density at radius 3 is 3.12 bits per heavy atom. The summed E-state index contributed by atoms with van der Waals surface area (Å²) in [5.41, 5.74) is 2.18. The molecule has 0 amide bonds. The smallest absolute Gasteiger partial charge is 0.225 e. The summed E-state index contributed by atoms with van der Waals surface area (Å²) in [7, 11) is 0. The molecule has 4 nitrogen and oxygen atoms in total. The standard InChI is InChI=1S/C12H17N3O/c1-4-9(3)16-12-10-5-8(2)13-6-11(10)14-7-15-12/h4,7-8,13H,5-6H2,1-3H3/b9-4+/t8-/m0/s1. The minimum atomic E-state index is 0.451. The van der Waals surface area contributed by atoms with E-state index in [1.54, 1.807) is 6.33 Å². The second-order valence-corrected chi connectivity index (χ2v) is 4.09. The summed E-state index contributed by atoms with van der Waals surface area (Å²) < 4.78 is 5.69. The van der Waals surface area contributed by atoms with Crippen LogP contribution in [0.1, 0.15) is 32.0 Å². The average molecular weight is 219 g/mol. The molecule has 86 valence electrons. The summed E-state index contributed by atoms with van der Waals surface area (Å²) in [6, 6.07) is 0.451. The van der Waals surface area contributed by atoms with Gasteiger partial charge >= 0.3 is 0 Å². The molecule has 1 atom stereocenters. The fourth-order valence-corrected chi connectivity index (χ4v) is 1.74. The lowest BCUT2D eigenvalue weighted by atomic mass is 10.0. The molecule has 1 aliphatic rings. The first kappa shape index (κ1) is 11.1. The fraction of sp³-hybridized carbons (Fsp3) is 0.500. The van der Waals surface area contributed by atoms with Gasteiger partial charge in [0.25, 0.3) is 0 Å². The van der Waals surface area contributed by atoms with Crippen molar-refractivity contribution in [3.63, 3.8) is 0 Å². The topological polar surface area (TPSA) is 47.0 Å². The summed E-state index contributed by atoms with van der Waals surface area (Å²) in [6.45, 7) is 6.83. The highest BCUT2D eigenvalue weighted by molar-refractivity contribution is 5.33. The number of ether oxygens (including phenoxy) is 1. The maximum Gasteiger partial charge on any atom is 0.225 e. The Balaban J connectivity index is 2.32. The molecule has 0 saturated heterocycles. The zero-order valence-electron chi connectivity index (χ0n) is 9.95. The van der Waals surface area contributed by atoms with Crippen molar-refractivity contribution in [1.29, 1.82) is 0 Å². The molecule has 4 heteroatoms. The van der Waals surface area contributed by atoms with E-state index in [2.05, 4.69) is 22.2 Å². The molecule has 2 heterocycles. The van der Waals surface area contributed by atoms with Gasteiger partial charge in [-0.2, -0.15) is 0 Å². The van der Waals surface area contributed by atoms with E-state index in [-0.39, 0.29) is 0 Å². The molecule has 0 radical (unpaired) electrons. The third-order valence-corrected chi connectivity index (χ3v) is 2.79. The maximum atomic E-state index is 5.69. The Morgan fingerprint density at radius 1 is 1.56 bits per heavy atom. The van der Waals surface area contributed by atoms with Crippen molar-refractivity contribution in [3.05, 3.63) is 29.4 Å². The van der Waals surface area contributed by atoms with E-state index in [1.807, 2.05) is 19.9 Å². The fourth-order valence-electron chi connectivity index (χ4n) is 1.74. The molecule has 0 unspecified atom stereocenters. The highest BCUT2D eigenvalue weighted by Crippen LogP contribution is 2.24. The third-order valence-electron chi connectivity index (χ3n) is 2.79. The van der Waals surface area contributed by atoms with E-state index in [1.165, 1.54) is 0 Å². The van der Waals surface area contributed by atoms with Crippen molar-refractivity contribution in [3.8, 4) is 5.88 Å². The van der Waals surface area contributed by atoms with Gasteiger partial charge in [0.1, 0.15) is 6.33 Å². The predicted molar refractivity (Wildman–Crippen MR) is 62.1 cm³/mol. The van der Waals surface area contributed by atoms with Gasteiger partial charge < -0.3 is 10.1 Å². The van der Waals surface area contributed by atoms with E-state index in [0.717, 1.165) is 30.0 Å². The van der Waals surface area contributed by atoms with Crippen LogP contribution in [0.2, 0.25) is 0 Å². The van der Waals surface area contributed by atoms with Gasteiger partial charge in [0.05, 0.1) is 11.5 Å². The zero-order valence-corrected chi connectivity index (χ0v) is 9.95. The highest BCUT2D eigenvalue weighted by atomic mass is 16.5. The number of aromatic nitrogens is 2. The van der Waals surface area contributed by atoms with E-state index in [9.17, 15) is 0 Å². The molecule has 0 aromatic carbocycles. The normalized spacial score (nSPS) is 20.4. The molecule has 0 bridgehead atoms. The number of rotatable bonds is 2. The van der Waals surface area contributed by atoms with Crippen LogP contribution in [0.4, 0.5) is 0 Å². The van der Waals surface area contributed by atoms with E-state index in [0.29, 0.717) is 11.9 Å². The highest BCUT2D eigenvalue weighted by Gasteiger charge is 2.20. The molecule has 0 saturated carbocycles.